The van der Waals surface area contributed by atoms with E-state index in [-0.39, 0.29) is 11.3 Å². The van der Waals surface area contributed by atoms with E-state index >= 15 is 0 Å². The van der Waals surface area contributed by atoms with E-state index in [2.05, 4.69) is 21.8 Å². The highest BCUT2D eigenvalue weighted by Gasteiger charge is 2.29. The average Bonchev–Trinajstić information content (AvgIpc) is 2.89. The van der Waals surface area contributed by atoms with Gasteiger partial charge in [-0.25, -0.2) is 4.98 Å². The van der Waals surface area contributed by atoms with E-state index in [1.165, 1.54) is 12.6 Å². The van der Waals surface area contributed by atoms with Crippen molar-refractivity contribution < 1.29 is 9.53 Å². The molecule has 1 aromatic heterocycles. The van der Waals surface area contributed by atoms with Crippen molar-refractivity contribution in [2.75, 3.05) is 23.8 Å². The molecule has 7 heteroatoms. The second-order valence-corrected chi connectivity index (χ2v) is 6.08. The number of carbonyl (C=O) groups is 1. The van der Waals surface area contributed by atoms with Gasteiger partial charge in [0.15, 0.2) is 5.82 Å². The summed E-state index contributed by atoms with van der Waals surface area (Å²) in [6.45, 7) is 4.95. The fourth-order valence-electron chi connectivity index (χ4n) is 2.96. The van der Waals surface area contributed by atoms with Crippen LogP contribution in [0.4, 0.5) is 11.5 Å². The van der Waals surface area contributed by atoms with Gasteiger partial charge in [0.05, 0.1) is 24.9 Å². The molecule has 1 aliphatic carbocycles. The molecule has 0 aromatic carbocycles. The molecule has 1 aromatic rings. The molecule has 122 valence electrons. The smallest absolute Gasteiger partial charge is 0.307 e. The lowest BCUT2D eigenvalue weighted by Gasteiger charge is -2.30. The van der Waals surface area contributed by atoms with Crippen LogP contribution in [-0.4, -0.2) is 35.1 Å². The zero-order chi connectivity index (χ0) is 16.1. The summed E-state index contributed by atoms with van der Waals surface area (Å²) in [5.74, 6) is 1.06. The van der Waals surface area contributed by atoms with Crippen LogP contribution in [0.15, 0.2) is 6.20 Å². The van der Waals surface area contributed by atoms with Crippen LogP contribution in [0.25, 0.3) is 0 Å². The lowest BCUT2D eigenvalue weighted by atomic mass is 10.1. The molecule has 2 rings (SSSR count). The second kappa shape index (κ2) is 7.63. The number of ether oxygens (including phenoxy) is 1. The van der Waals surface area contributed by atoms with E-state index in [4.69, 9.17) is 22.1 Å². The van der Waals surface area contributed by atoms with E-state index < -0.39 is 0 Å². The molecule has 2 atom stereocenters. The Hall–Kier alpha value is -1.56. The molecule has 1 aliphatic rings. The quantitative estimate of drug-likeness (QED) is 0.639. The Balaban J connectivity index is 2.17. The Kier molecular flexibility index (Phi) is 5.83. The lowest BCUT2D eigenvalue weighted by Crippen LogP contribution is -2.37. The highest BCUT2D eigenvalue weighted by atomic mass is 35.5. The number of hydrogen-bond donors (Lipinski definition) is 1. The molecule has 1 heterocycles. The molecule has 22 heavy (non-hydrogen) atoms. The number of anilines is 2. The van der Waals surface area contributed by atoms with E-state index in [0.29, 0.717) is 43.0 Å². The fraction of sp³-hybridized carbons (Fsp3) is 0.667. The third-order valence-electron chi connectivity index (χ3n) is 4.01. The minimum absolute atomic E-state index is 0.163. The van der Waals surface area contributed by atoms with Gasteiger partial charge >= 0.3 is 5.97 Å². The summed E-state index contributed by atoms with van der Waals surface area (Å²) in [5.41, 5.74) is 6.50. The minimum Gasteiger partial charge on any atom is -0.466 e. The fourth-order valence-corrected chi connectivity index (χ4v) is 3.09. The van der Waals surface area contributed by atoms with Crippen molar-refractivity contribution in [3.63, 3.8) is 0 Å². The maximum absolute atomic E-state index is 11.7. The Morgan fingerprint density at radius 2 is 2.32 bits per heavy atom. The first kappa shape index (κ1) is 16.8. The van der Waals surface area contributed by atoms with Crippen LogP contribution < -0.4 is 10.6 Å². The van der Waals surface area contributed by atoms with Crippen molar-refractivity contribution in [2.24, 2.45) is 5.92 Å². The van der Waals surface area contributed by atoms with E-state index in [1.54, 1.807) is 6.92 Å². The third kappa shape index (κ3) is 4.22. The average molecular weight is 327 g/mol. The molecule has 6 nitrogen and oxygen atoms in total. The SMILES string of the molecule is CCOC(=O)CCN(c1nc(Cl)ncc1N)C1CCC(C)C1. The molecule has 0 bridgehead atoms. The maximum atomic E-state index is 11.7. The van der Waals surface area contributed by atoms with Gasteiger partial charge in [-0.2, -0.15) is 4.98 Å². The minimum atomic E-state index is -0.211. The van der Waals surface area contributed by atoms with Gasteiger partial charge in [-0.05, 0) is 43.7 Å². The van der Waals surface area contributed by atoms with Crippen LogP contribution in [0.1, 0.15) is 39.5 Å². The van der Waals surface area contributed by atoms with E-state index in [0.717, 1.165) is 12.8 Å². The highest BCUT2D eigenvalue weighted by Crippen LogP contribution is 2.33. The number of nitrogen functional groups attached to an aromatic ring is 1. The van der Waals surface area contributed by atoms with Gasteiger partial charge < -0.3 is 15.4 Å². The van der Waals surface area contributed by atoms with Gasteiger partial charge in [-0.3, -0.25) is 4.79 Å². The molecule has 0 radical (unpaired) electrons. The van der Waals surface area contributed by atoms with Gasteiger partial charge in [-0.15, -0.1) is 0 Å². The number of rotatable bonds is 6. The van der Waals surface area contributed by atoms with Crippen molar-refractivity contribution >= 4 is 29.1 Å². The van der Waals surface area contributed by atoms with Gasteiger partial charge in [0, 0.05) is 12.6 Å². The van der Waals surface area contributed by atoms with Gasteiger partial charge in [0.2, 0.25) is 5.28 Å². The number of nitrogens with two attached hydrogens (primary N) is 1. The van der Waals surface area contributed by atoms with Crippen molar-refractivity contribution in [3.8, 4) is 0 Å². The van der Waals surface area contributed by atoms with Crippen LogP contribution in [0.2, 0.25) is 5.28 Å². The number of aromatic nitrogens is 2. The Morgan fingerprint density at radius 1 is 1.55 bits per heavy atom. The van der Waals surface area contributed by atoms with Crippen molar-refractivity contribution in [1.29, 1.82) is 0 Å². The molecule has 1 saturated carbocycles. The summed E-state index contributed by atoms with van der Waals surface area (Å²) < 4.78 is 5.01. The molecule has 2 unspecified atom stereocenters. The monoisotopic (exact) mass is 326 g/mol. The van der Waals surface area contributed by atoms with E-state index in [1.807, 2.05) is 0 Å². The third-order valence-corrected chi connectivity index (χ3v) is 4.19. The number of hydrogen-bond acceptors (Lipinski definition) is 6. The topological polar surface area (TPSA) is 81.3 Å². The first-order valence-electron chi connectivity index (χ1n) is 7.71. The molecule has 0 spiro atoms. The molecule has 0 aliphatic heterocycles. The molecule has 0 saturated heterocycles. The standard InChI is InChI=1S/C15H23ClN4O2/c1-3-22-13(21)6-7-20(11-5-4-10(2)8-11)14-12(17)9-18-15(16)19-14/h9-11H,3-8,17H2,1-2H3. The van der Waals surface area contributed by atoms with Gasteiger partial charge in [0.25, 0.3) is 0 Å². The zero-order valence-corrected chi connectivity index (χ0v) is 13.8. The number of carbonyl (C=O) groups excluding carboxylic acids is 1. The molecular formula is C15H23ClN4O2. The number of halogens is 1. The maximum Gasteiger partial charge on any atom is 0.307 e. The Morgan fingerprint density at radius 3 is 2.95 bits per heavy atom. The van der Waals surface area contributed by atoms with Gasteiger partial charge in [0.1, 0.15) is 0 Å². The van der Waals surface area contributed by atoms with Crippen LogP contribution in [0.3, 0.4) is 0 Å². The van der Waals surface area contributed by atoms with Gasteiger partial charge in [-0.1, -0.05) is 6.92 Å². The van der Waals surface area contributed by atoms with Crippen LogP contribution in [-0.2, 0) is 9.53 Å². The first-order valence-corrected chi connectivity index (χ1v) is 8.09. The normalized spacial score (nSPS) is 20.9. The highest BCUT2D eigenvalue weighted by molar-refractivity contribution is 6.28. The predicted octanol–water partition coefficient (Wildman–Crippen LogP) is 2.66. The summed E-state index contributed by atoms with van der Waals surface area (Å²) in [7, 11) is 0. The molecular weight excluding hydrogens is 304 g/mol. The summed E-state index contributed by atoms with van der Waals surface area (Å²) in [6.07, 6.45) is 5.11. The van der Waals surface area contributed by atoms with Crippen LogP contribution >= 0.6 is 11.6 Å². The summed E-state index contributed by atoms with van der Waals surface area (Å²) in [6, 6.07) is 0.317. The van der Waals surface area contributed by atoms with E-state index in [9.17, 15) is 4.79 Å². The second-order valence-electron chi connectivity index (χ2n) is 5.74. The van der Waals surface area contributed by atoms with Crippen molar-refractivity contribution in [1.82, 2.24) is 9.97 Å². The number of esters is 1. The first-order chi connectivity index (χ1) is 10.5. The molecule has 2 N–H and O–H groups in total. The molecule has 1 fully saturated rings. The summed E-state index contributed by atoms with van der Waals surface area (Å²) >= 11 is 5.91. The zero-order valence-electron chi connectivity index (χ0n) is 13.1. The summed E-state index contributed by atoms with van der Waals surface area (Å²) in [4.78, 5) is 21.9. The van der Waals surface area contributed by atoms with Crippen LogP contribution in [0, 0.1) is 5.92 Å². The van der Waals surface area contributed by atoms with Crippen molar-refractivity contribution in [2.45, 2.75) is 45.6 Å². The van der Waals surface area contributed by atoms with Crippen LogP contribution in [0.5, 0.6) is 0 Å². The lowest BCUT2D eigenvalue weighted by molar-refractivity contribution is -0.142. The predicted molar refractivity (Wildman–Crippen MR) is 86.9 cm³/mol. The van der Waals surface area contributed by atoms with Crippen molar-refractivity contribution in [3.05, 3.63) is 11.5 Å². The Bertz CT molecular complexity index is 526. The number of nitrogens with zero attached hydrogens (tertiary/aromatic N) is 3. The largest absolute Gasteiger partial charge is 0.466 e. The molecule has 0 amide bonds. The Labute approximate surface area is 136 Å². The summed E-state index contributed by atoms with van der Waals surface area (Å²) in [5, 5.41) is 0.163.